The quantitative estimate of drug-likeness (QED) is 0.411. The van der Waals surface area contributed by atoms with Crippen molar-refractivity contribution in [3.8, 4) is 0 Å². The van der Waals surface area contributed by atoms with Crippen LogP contribution >= 0.6 is 0 Å². The van der Waals surface area contributed by atoms with Gasteiger partial charge < -0.3 is 10.2 Å². The summed E-state index contributed by atoms with van der Waals surface area (Å²) in [7, 11) is -1.40. The van der Waals surface area contributed by atoms with E-state index in [2.05, 4.69) is 62.7 Å². The SMILES string of the molecule is C=C(C)C(=O)O.C=C(C)C(=O)O.C[Si](C)(C1=[C-]CC=C1)C1=[C-]CC=C1.[Ti+2]. The average Bonchev–Trinajstić information content (AvgIpc) is 3.22. The van der Waals surface area contributed by atoms with Crippen LogP contribution in [0.5, 0.6) is 0 Å². The number of allylic oxidation sites excluding steroid dienone is 8. The fraction of sp³-hybridized carbons (Fsp3) is 0.300. The molecule has 0 aliphatic heterocycles. The summed E-state index contributed by atoms with van der Waals surface area (Å²) in [5.74, 6) is -1.87. The van der Waals surface area contributed by atoms with Crippen LogP contribution in [0.25, 0.3) is 0 Å². The molecule has 138 valence electrons. The smallest absolute Gasteiger partial charge is 0.478 e. The molecule has 2 aliphatic rings. The third-order valence-corrected chi connectivity index (χ3v) is 6.85. The van der Waals surface area contributed by atoms with E-state index in [1.165, 1.54) is 24.2 Å². The molecule has 2 rings (SSSR count). The van der Waals surface area contributed by atoms with E-state index < -0.39 is 20.0 Å². The van der Waals surface area contributed by atoms with E-state index >= 15 is 0 Å². The van der Waals surface area contributed by atoms with Crippen LogP contribution in [0.3, 0.4) is 0 Å². The number of hydrogen-bond donors (Lipinski definition) is 2. The van der Waals surface area contributed by atoms with Gasteiger partial charge in [0.2, 0.25) is 0 Å². The molecule has 0 unspecified atom stereocenters. The first-order valence-electron chi connectivity index (χ1n) is 7.83. The first kappa shape index (κ1) is 26.5. The van der Waals surface area contributed by atoms with Gasteiger partial charge in [0.05, 0.1) is 0 Å². The Morgan fingerprint density at radius 3 is 1.35 bits per heavy atom. The summed E-state index contributed by atoms with van der Waals surface area (Å²) in [6.07, 6.45) is 17.8. The fourth-order valence-electron chi connectivity index (χ4n) is 1.81. The molecule has 0 aromatic rings. The predicted octanol–water partition coefficient (Wildman–Crippen LogP) is 4.44. The molecule has 2 aliphatic carbocycles. The van der Waals surface area contributed by atoms with E-state index in [0.717, 1.165) is 12.8 Å². The molecule has 0 atom stereocenters. The second-order valence-electron chi connectivity index (χ2n) is 6.19. The van der Waals surface area contributed by atoms with Crippen molar-refractivity contribution >= 4 is 20.0 Å². The van der Waals surface area contributed by atoms with Gasteiger partial charge in [0.25, 0.3) is 0 Å². The van der Waals surface area contributed by atoms with Crippen LogP contribution in [0.4, 0.5) is 0 Å². The van der Waals surface area contributed by atoms with Crippen molar-refractivity contribution in [2.24, 2.45) is 0 Å². The van der Waals surface area contributed by atoms with E-state index in [4.69, 9.17) is 10.2 Å². The first-order chi connectivity index (χ1) is 11.5. The molecule has 0 aromatic carbocycles. The maximum atomic E-state index is 9.60. The number of carbonyl (C=O) groups is 2. The monoisotopic (exact) mass is 406 g/mol. The van der Waals surface area contributed by atoms with Crippen LogP contribution in [0.1, 0.15) is 26.7 Å². The van der Waals surface area contributed by atoms with Gasteiger partial charge in [-0.05, 0) is 13.8 Å². The number of rotatable bonds is 4. The molecule has 0 heterocycles. The van der Waals surface area contributed by atoms with Crippen LogP contribution in [0.2, 0.25) is 13.1 Å². The molecule has 6 heteroatoms. The van der Waals surface area contributed by atoms with Gasteiger partial charge >= 0.3 is 33.7 Å². The van der Waals surface area contributed by atoms with Gasteiger partial charge in [-0.1, -0.05) is 26.3 Å². The largest absolute Gasteiger partial charge is 2.00 e. The zero-order chi connectivity index (χ0) is 19.6. The van der Waals surface area contributed by atoms with Crippen molar-refractivity contribution in [3.63, 3.8) is 0 Å². The van der Waals surface area contributed by atoms with Gasteiger partial charge in [0.15, 0.2) is 0 Å². The van der Waals surface area contributed by atoms with Crippen molar-refractivity contribution in [2.75, 3.05) is 0 Å². The molecule has 26 heavy (non-hydrogen) atoms. The third-order valence-electron chi connectivity index (χ3n) is 3.47. The Bertz CT molecular complexity index is 587. The van der Waals surface area contributed by atoms with Crippen molar-refractivity contribution in [1.82, 2.24) is 0 Å². The van der Waals surface area contributed by atoms with Crippen molar-refractivity contribution in [2.45, 2.75) is 39.8 Å². The minimum Gasteiger partial charge on any atom is -0.478 e. The standard InChI is InChI=1S/C12H14Si.2C4H6O2.Ti/c1-13(2,11-7-3-4-8-11)12-9-5-6-10-12;2*1-3(2)4(5)6;/h3,5,7,9H,4,6H2,1-2H3;2*1H2,2H3,(H,5,6);/q-2;;;+2. The van der Waals surface area contributed by atoms with Crippen molar-refractivity contribution < 1.29 is 41.5 Å². The van der Waals surface area contributed by atoms with E-state index in [1.54, 1.807) is 0 Å². The van der Waals surface area contributed by atoms with Crippen molar-refractivity contribution in [3.05, 3.63) is 71.2 Å². The fourth-order valence-corrected chi connectivity index (χ4v) is 4.26. The molecule has 0 fully saturated rings. The van der Waals surface area contributed by atoms with Crippen LogP contribution in [0, 0.1) is 12.2 Å². The minimum absolute atomic E-state index is 0. The van der Waals surface area contributed by atoms with Gasteiger partial charge in [-0.25, -0.2) is 32.1 Å². The zero-order valence-corrected chi connectivity index (χ0v) is 18.4. The molecular weight excluding hydrogens is 380 g/mol. The Balaban J connectivity index is 0. The molecule has 0 radical (unpaired) electrons. The Morgan fingerprint density at radius 2 is 1.19 bits per heavy atom. The van der Waals surface area contributed by atoms with Crippen LogP contribution < -0.4 is 0 Å². The van der Waals surface area contributed by atoms with Crippen LogP contribution in [-0.2, 0) is 31.3 Å². The summed E-state index contributed by atoms with van der Waals surface area (Å²) in [5.41, 5.74) is 0.352. The Hall–Kier alpha value is -1.69. The summed E-state index contributed by atoms with van der Waals surface area (Å²) < 4.78 is 0. The molecular formula is C20H26O4SiTi. The number of carboxylic acids is 2. The minimum atomic E-state index is -1.40. The second kappa shape index (κ2) is 12.6. The maximum Gasteiger partial charge on any atom is 2.00 e. The summed E-state index contributed by atoms with van der Waals surface area (Å²) in [5, 5.41) is 18.7. The molecule has 4 nitrogen and oxygen atoms in total. The molecule has 0 bridgehead atoms. The Kier molecular flexibility index (Phi) is 12.9. The summed E-state index contributed by atoms with van der Waals surface area (Å²) in [6.45, 7) is 14.0. The van der Waals surface area contributed by atoms with Crippen LogP contribution in [0.15, 0.2) is 59.0 Å². The third kappa shape index (κ3) is 9.71. The van der Waals surface area contributed by atoms with Crippen LogP contribution in [-0.4, -0.2) is 30.2 Å². The van der Waals surface area contributed by atoms with Gasteiger partial charge in [-0.15, -0.1) is 12.8 Å². The van der Waals surface area contributed by atoms with E-state index in [9.17, 15) is 9.59 Å². The molecule has 0 saturated heterocycles. The molecule has 0 aromatic heterocycles. The number of hydrogen-bond acceptors (Lipinski definition) is 2. The van der Waals surface area contributed by atoms with Gasteiger partial charge in [0.1, 0.15) is 0 Å². The van der Waals surface area contributed by atoms with Gasteiger partial charge in [-0.3, -0.25) is 12.2 Å². The van der Waals surface area contributed by atoms with Gasteiger partial charge in [0, 0.05) is 19.2 Å². The summed E-state index contributed by atoms with van der Waals surface area (Å²) in [4.78, 5) is 19.2. The Labute approximate surface area is 172 Å². The zero-order valence-electron chi connectivity index (χ0n) is 15.8. The number of carboxylic acid groups (broad SMARTS) is 2. The summed E-state index contributed by atoms with van der Waals surface area (Å²) in [6, 6.07) is 0. The number of aliphatic carboxylic acids is 2. The molecule has 2 N–H and O–H groups in total. The topological polar surface area (TPSA) is 74.6 Å². The molecule has 0 spiro atoms. The van der Waals surface area contributed by atoms with Crippen molar-refractivity contribution in [1.29, 1.82) is 0 Å². The normalized spacial score (nSPS) is 13.8. The van der Waals surface area contributed by atoms with E-state index in [0.29, 0.717) is 0 Å². The summed E-state index contributed by atoms with van der Waals surface area (Å²) >= 11 is 0. The predicted molar refractivity (Wildman–Crippen MR) is 103 cm³/mol. The molecule has 0 amide bonds. The second-order valence-corrected chi connectivity index (χ2v) is 10.5. The molecule has 0 saturated carbocycles. The van der Waals surface area contributed by atoms with E-state index in [-0.39, 0.29) is 32.9 Å². The Morgan fingerprint density at radius 1 is 0.923 bits per heavy atom. The first-order valence-corrected chi connectivity index (χ1v) is 10.8. The average molecular weight is 406 g/mol. The van der Waals surface area contributed by atoms with Gasteiger partial charge in [-0.2, -0.15) is 12.2 Å². The van der Waals surface area contributed by atoms with E-state index in [1.807, 2.05) is 0 Å². The maximum absolute atomic E-state index is 9.60.